The predicted octanol–water partition coefficient (Wildman–Crippen LogP) is 0.556. The molecule has 6 heteroatoms. The van der Waals surface area contributed by atoms with Gasteiger partial charge in [0.1, 0.15) is 9.84 Å². The van der Waals surface area contributed by atoms with Crippen molar-refractivity contribution in [2.75, 3.05) is 50.8 Å². The van der Waals surface area contributed by atoms with Gasteiger partial charge in [-0.25, -0.2) is 8.42 Å². The third kappa shape index (κ3) is 6.08. The maximum Gasteiger partial charge on any atom is 0.150 e. The van der Waals surface area contributed by atoms with Gasteiger partial charge in [-0.1, -0.05) is 20.3 Å². The van der Waals surface area contributed by atoms with Crippen LogP contribution >= 0.6 is 0 Å². The van der Waals surface area contributed by atoms with Crippen LogP contribution in [-0.4, -0.2) is 75.0 Å². The van der Waals surface area contributed by atoms with Gasteiger partial charge in [-0.3, -0.25) is 4.90 Å². The van der Waals surface area contributed by atoms with E-state index in [4.69, 9.17) is 5.73 Å². The van der Waals surface area contributed by atoms with E-state index in [1.54, 1.807) is 6.92 Å². The van der Waals surface area contributed by atoms with Crippen molar-refractivity contribution in [2.24, 2.45) is 5.73 Å². The van der Waals surface area contributed by atoms with Gasteiger partial charge < -0.3 is 10.6 Å². The van der Waals surface area contributed by atoms with E-state index >= 15 is 0 Å². The molecular formula is C14H31N3O2S. The van der Waals surface area contributed by atoms with E-state index in [0.29, 0.717) is 11.8 Å². The van der Waals surface area contributed by atoms with E-state index < -0.39 is 9.84 Å². The summed E-state index contributed by atoms with van der Waals surface area (Å²) in [6.45, 7) is 9.74. The van der Waals surface area contributed by atoms with Crippen molar-refractivity contribution in [2.45, 2.75) is 39.2 Å². The van der Waals surface area contributed by atoms with Gasteiger partial charge in [0.05, 0.1) is 5.75 Å². The molecule has 1 aliphatic rings. The molecule has 2 N–H and O–H groups in total. The zero-order chi connectivity index (χ0) is 15.0. The lowest BCUT2D eigenvalue weighted by Crippen LogP contribution is -2.52. The summed E-state index contributed by atoms with van der Waals surface area (Å²) in [5, 5.41) is 0. The molecule has 0 aromatic heterocycles. The summed E-state index contributed by atoms with van der Waals surface area (Å²) in [7, 11) is -2.81. The summed E-state index contributed by atoms with van der Waals surface area (Å²) < 4.78 is 22.9. The lowest BCUT2D eigenvalue weighted by molar-refractivity contribution is 0.0948. The van der Waals surface area contributed by atoms with Crippen LogP contribution in [0.2, 0.25) is 0 Å². The summed E-state index contributed by atoms with van der Waals surface area (Å²) in [6, 6.07) is 0.516. The Balaban J connectivity index is 2.25. The Morgan fingerprint density at radius 2 is 1.80 bits per heavy atom. The molecule has 1 unspecified atom stereocenters. The van der Waals surface area contributed by atoms with Crippen LogP contribution in [0.3, 0.4) is 0 Å². The fourth-order valence-electron chi connectivity index (χ4n) is 2.79. The SMILES string of the molecule is CCCC(CN)N1CCN(CCCS(=O)(=O)CC)CC1. The van der Waals surface area contributed by atoms with Crippen LogP contribution in [0.1, 0.15) is 33.1 Å². The van der Waals surface area contributed by atoms with E-state index in [0.717, 1.165) is 45.7 Å². The zero-order valence-electron chi connectivity index (χ0n) is 13.1. The van der Waals surface area contributed by atoms with Gasteiger partial charge in [0.15, 0.2) is 0 Å². The van der Waals surface area contributed by atoms with E-state index in [1.165, 1.54) is 12.8 Å². The molecule has 120 valence electrons. The second-order valence-electron chi connectivity index (χ2n) is 5.65. The standard InChI is InChI=1S/C14H31N3O2S/c1-3-6-14(13-15)17-10-8-16(9-11-17)7-5-12-20(18,19)4-2/h14H,3-13,15H2,1-2H3. The monoisotopic (exact) mass is 305 g/mol. The Morgan fingerprint density at radius 3 is 2.30 bits per heavy atom. The summed E-state index contributed by atoms with van der Waals surface area (Å²) in [5.41, 5.74) is 5.85. The summed E-state index contributed by atoms with van der Waals surface area (Å²) in [5.74, 6) is 0.584. The minimum absolute atomic E-state index is 0.260. The van der Waals surface area contributed by atoms with Crippen molar-refractivity contribution < 1.29 is 8.42 Å². The van der Waals surface area contributed by atoms with E-state index in [9.17, 15) is 8.42 Å². The second kappa shape index (κ2) is 8.97. The number of nitrogens with zero attached hydrogens (tertiary/aromatic N) is 2. The first-order chi connectivity index (χ1) is 9.52. The molecule has 1 fully saturated rings. The maximum absolute atomic E-state index is 11.5. The molecule has 0 aromatic rings. The lowest BCUT2D eigenvalue weighted by Gasteiger charge is -2.39. The molecule has 0 radical (unpaired) electrons. The van der Waals surface area contributed by atoms with Crippen molar-refractivity contribution in [1.82, 2.24) is 9.80 Å². The molecule has 0 aliphatic carbocycles. The van der Waals surface area contributed by atoms with Gasteiger partial charge >= 0.3 is 0 Å². The van der Waals surface area contributed by atoms with Gasteiger partial charge in [-0.15, -0.1) is 0 Å². The Hall–Kier alpha value is -0.170. The highest BCUT2D eigenvalue weighted by Gasteiger charge is 2.22. The van der Waals surface area contributed by atoms with Gasteiger partial charge in [0.25, 0.3) is 0 Å². The molecule has 0 bridgehead atoms. The molecule has 1 aliphatic heterocycles. The second-order valence-corrected chi connectivity index (χ2v) is 8.12. The number of sulfone groups is 1. The quantitative estimate of drug-likeness (QED) is 0.674. The summed E-state index contributed by atoms with van der Waals surface area (Å²) in [6.07, 6.45) is 3.10. The number of piperazine rings is 1. The molecule has 1 rings (SSSR count). The predicted molar refractivity (Wildman–Crippen MR) is 84.7 cm³/mol. The average molecular weight is 305 g/mol. The first-order valence-corrected chi connectivity index (χ1v) is 9.71. The molecule has 1 atom stereocenters. The molecule has 0 amide bonds. The number of rotatable bonds is 9. The van der Waals surface area contributed by atoms with Crippen molar-refractivity contribution in [3.05, 3.63) is 0 Å². The Bertz CT molecular complexity index is 351. The van der Waals surface area contributed by atoms with Gasteiger partial charge in [-0.2, -0.15) is 0 Å². The van der Waals surface area contributed by atoms with Crippen molar-refractivity contribution in [1.29, 1.82) is 0 Å². The van der Waals surface area contributed by atoms with Crippen LogP contribution in [-0.2, 0) is 9.84 Å². The van der Waals surface area contributed by atoms with Gasteiger partial charge in [0.2, 0.25) is 0 Å². The number of hydrogen-bond acceptors (Lipinski definition) is 5. The smallest absolute Gasteiger partial charge is 0.150 e. The molecule has 20 heavy (non-hydrogen) atoms. The topological polar surface area (TPSA) is 66.6 Å². The highest BCUT2D eigenvalue weighted by Crippen LogP contribution is 2.10. The van der Waals surface area contributed by atoms with Crippen LogP contribution in [0.25, 0.3) is 0 Å². The molecular weight excluding hydrogens is 274 g/mol. The first-order valence-electron chi connectivity index (χ1n) is 7.89. The van der Waals surface area contributed by atoms with Crippen molar-refractivity contribution >= 4 is 9.84 Å². The van der Waals surface area contributed by atoms with Crippen LogP contribution in [0.5, 0.6) is 0 Å². The minimum atomic E-state index is -2.81. The lowest BCUT2D eigenvalue weighted by atomic mass is 10.1. The van der Waals surface area contributed by atoms with E-state index in [1.807, 2.05) is 0 Å². The molecule has 0 spiro atoms. The fraction of sp³-hybridized carbons (Fsp3) is 1.00. The first kappa shape index (κ1) is 17.9. The minimum Gasteiger partial charge on any atom is -0.329 e. The van der Waals surface area contributed by atoms with Crippen LogP contribution in [0.4, 0.5) is 0 Å². The maximum atomic E-state index is 11.5. The molecule has 1 heterocycles. The van der Waals surface area contributed by atoms with E-state index in [2.05, 4.69) is 16.7 Å². The highest BCUT2D eigenvalue weighted by molar-refractivity contribution is 7.91. The summed E-state index contributed by atoms with van der Waals surface area (Å²) in [4.78, 5) is 4.87. The van der Waals surface area contributed by atoms with Gasteiger partial charge in [0, 0.05) is 44.5 Å². The highest BCUT2D eigenvalue weighted by atomic mass is 32.2. The molecule has 5 nitrogen and oxygen atoms in total. The Kier molecular flexibility index (Phi) is 8.02. The zero-order valence-corrected chi connectivity index (χ0v) is 13.9. The van der Waals surface area contributed by atoms with Crippen molar-refractivity contribution in [3.8, 4) is 0 Å². The normalized spacial score (nSPS) is 20.1. The van der Waals surface area contributed by atoms with Crippen LogP contribution < -0.4 is 5.73 Å². The van der Waals surface area contributed by atoms with Crippen LogP contribution in [0, 0.1) is 0 Å². The average Bonchev–Trinajstić information content (AvgIpc) is 2.45. The van der Waals surface area contributed by atoms with Crippen LogP contribution in [0.15, 0.2) is 0 Å². The van der Waals surface area contributed by atoms with E-state index in [-0.39, 0.29) is 5.75 Å². The molecule has 0 saturated carbocycles. The number of hydrogen-bond donors (Lipinski definition) is 1. The third-order valence-corrected chi connectivity index (χ3v) is 5.98. The Morgan fingerprint density at radius 1 is 1.15 bits per heavy atom. The number of nitrogens with two attached hydrogens (primary N) is 1. The van der Waals surface area contributed by atoms with Crippen molar-refractivity contribution in [3.63, 3.8) is 0 Å². The summed E-state index contributed by atoms with van der Waals surface area (Å²) >= 11 is 0. The fourth-order valence-corrected chi connectivity index (χ4v) is 3.64. The van der Waals surface area contributed by atoms with Gasteiger partial charge in [-0.05, 0) is 19.4 Å². The largest absolute Gasteiger partial charge is 0.329 e. The third-order valence-electron chi connectivity index (χ3n) is 4.19. The molecule has 1 saturated heterocycles. The molecule has 0 aromatic carbocycles. The Labute approximate surface area is 124 Å².